The van der Waals surface area contributed by atoms with Crippen molar-refractivity contribution in [2.75, 3.05) is 5.33 Å². The van der Waals surface area contributed by atoms with Crippen molar-refractivity contribution in [2.45, 2.75) is 131 Å². The van der Waals surface area contributed by atoms with Gasteiger partial charge in [0.05, 0.1) is 11.7 Å². The first-order chi connectivity index (χ1) is 17.0. The zero-order valence-electron chi connectivity index (χ0n) is 24.7. The van der Waals surface area contributed by atoms with Crippen molar-refractivity contribution in [1.82, 2.24) is 0 Å². The van der Waals surface area contributed by atoms with Crippen LogP contribution in [-0.2, 0) is 9.53 Å². The molecule has 0 heterocycles. The average molecular weight is 582 g/mol. The summed E-state index contributed by atoms with van der Waals surface area (Å²) in [5.41, 5.74) is 1.07. The van der Waals surface area contributed by atoms with E-state index in [1.165, 1.54) is 24.8 Å². The molecule has 4 aliphatic carbocycles. The Kier molecular flexibility index (Phi) is 7.92. The lowest BCUT2D eigenvalue weighted by Gasteiger charge is -2.70. The summed E-state index contributed by atoms with van der Waals surface area (Å²) in [5.74, 6) is 1.53. The Morgan fingerprint density at radius 1 is 1.03 bits per heavy atom. The van der Waals surface area contributed by atoms with Crippen molar-refractivity contribution in [3.8, 4) is 0 Å². The number of rotatable bonds is 6. The minimum Gasteiger partial charge on any atom is -0.461 e. The average Bonchev–Trinajstić information content (AvgIpc) is 3.16. The maximum Gasteiger partial charge on any atom is 0.316 e. The molecule has 4 fully saturated rings. The summed E-state index contributed by atoms with van der Waals surface area (Å²) in [6, 6.07) is 0. The molecule has 0 aromatic carbocycles. The van der Waals surface area contributed by atoms with Crippen LogP contribution < -0.4 is 0 Å². The lowest BCUT2D eigenvalue weighted by atomic mass is 9.35. The first kappa shape index (κ1) is 29.6. The van der Waals surface area contributed by atoms with Crippen molar-refractivity contribution in [3.05, 3.63) is 11.6 Å². The Balaban J connectivity index is 1.72. The molecule has 4 rings (SSSR count). The van der Waals surface area contributed by atoms with Crippen LogP contribution in [0, 0.1) is 45.3 Å². The number of hydrogen-bond acceptors (Lipinski definition) is 4. The second-order valence-electron chi connectivity index (χ2n) is 15.2. The Bertz CT molecular complexity index is 905. The van der Waals surface area contributed by atoms with Gasteiger partial charge >= 0.3 is 5.97 Å². The smallest absolute Gasteiger partial charge is 0.316 e. The molecule has 0 spiro atoms. The molecule has 4 aliphatic rings. The van der Waals surface area contributed by atoms with Gasteiger partial charge in [-0.1, -0.05) is 62.2 Å². The molecule has 0 amide bonds. The monoisotopic (exact) mass is 580 g/mol. The molecule has 37 heavy (non-hydrogen) atoms. The summed E-state index contributed by atoms with van der Waals surface area (Å²) in [6.07, 6.45) is 11.2. The van der Waals surface area contributed by atoms with E-state index in [2.05, 4.69) is 63.5 Å². The van der Waals surface area contributed by atoms with Crippen LogP contribution in [0.4, 0.5) is 0 Å². The number of allylic oxidation sites excluding steroid dienone is 2. The van der Waals surface area contributed by atoms with Gasteiger partial charge in [0.15, 0.2) is 0 Å². The molecule has 0 aliphatic heterocycles. The van der Waals surface area contributed by atoms with Gasteiger partial charge in [-0.25, -0.2) is 0 Å². The highest BCUT2D eigenvalue weighted by Gasteiger charge is 2.71. The zero-order valence-corrected chi connectivity index (χ0v) is 26.3. The van der Waals surface area contributed by atoms with Crippen molar-refractivity contribution >= 4 is 21.9 Å². The zero-order chi connectivity index (χ0) is 27.6. The fourth-order valence-electron chi connectivity index (χ4n) is 10.4. The lowest BCUT2D eigenvalue weighted by Crippen LogP contribution is -2.66. The van der Waals surface area contributed by atoms with Gasteiger partial charge < -0.3 is 14.9 Å². The molecule has 0 aromatic rings. The van der Waals surface area contributed by atoms with E-state index in [1.807, 2.05) is 13.8 Å². The van der Waals surface area contributed by atoms with E-state index in [-0.39, 0.29) is 45.2 Å². The van der Waals surface area contributed by atoms with E-state index in [1.54, 1.807) is 0 Å². The Hall–Kier alpha value is -0.390. The van der Waals surface area contributed by atoms with Crippen LogP contribution in [0.2, 0.25) is 0 Å². The predicted molar refractivity (Wildman–Crippen MR) is 153 cm³/mol. The van der Waals surface area contributed by atoms with Gasteiger partial charge in [-0.05, 0) is 118 Å². The van der Waals surface area contributed by atoms with Crippen LogP contribution in [0.25, 0.3) is 0 Å². The number of carbonyl (C=O) groups excluding carboxylic acids is 1. The summed E-state index contributed by atoms with van der Waals surface area (Å²) in [6.45, 7) is 18.2. The maximum absolute atomic E-state index is 12.7. The van der Waals surface area contributed by atoms with Gasteiger partial charge in [0, 0.05) is 5.92 Å². The summed E-state index contributed by atoms with van der Waals surface area (Å²) in [4.78, 5) is 12.7. The molecule has 2 N–H and O–H groups in total. The van der Waals surface area contributed by atoms with Crippen molar-refractivity contribution < 1.29 is 19.7 Å². The Morgan fingerprint density at radius 2 is 1.68 bits per heavy atom. The number of esters is 1. The largest absolute Gasteiger partial charge is 0.461 e. The van der Waals surface area contributed by atoms with E-state index >= 15 is 0 Å². The first-order valence-electron chi connectivity index (χ1n) is 14.8. The van der Waals surface area contributed by atoms with E-state index in [4.69, 9.17) is 4.74 Å². The number of alkyl halides is 1. The quantitative estimate of drug-likeness (QED) is 0.194. The van der Waals surface area contributed by atoms with E-state index in [0.717, 1.165) is 38.5 Å². The SMILES string of the molecule is C/C(=C\CCC(C)(C)O)[C@H]1CC[C@]2(C)[C@@H]1[C@H](OC(=O)CBr)C[C@@H]1[C@@]3(C)CC[C@H](O)C(C)(C)[C@@H]3CC[C@]12C. The number of aliphatic hydroxyl groups is 2. The number of ether oxygens (including phenoxy) is 1. The molecule has 4 nitrogen and oxygen atoms in total. The predicted octanol–water partition coefficient (Wildman–Crippen LogP) is 7.45. The molecule has 9 atom stereocenters. The Labute approximate surface area is 234 Å². The van der Waals surface area contributed by atoms with Gasteiger partial charge in [-0.2, -0.15) is 0 Å². The van der Waals surface area contributed by atoms with Crippen LogP contribution in [0.5, 0.6) is 0 Å². The van der Waals surface area contributed by atoms with Gasteiger partial charge in [-0.15, -0.1) is 0 Å². The highest BCUT2D eigenvalue weighted by Crippen LogP contribution is 2.75. The van der Waals surface area contributed by atoms with Gasteiger partial charge in [-0.3, -0.25) is 4.79 Å². The van der Waals surface area contributed by atoms with Gasteiger partial charge in [0.25, 0.3) is 0 Å². The van der Waals surface area contributed by atoms with Crippen LogP contribution in [-0.4, -0.2) is 39.3 Å². The van der Waals surface area contributed by atoms with Crippen LogP contribution in [0.15, 0.2) is 11.6 Å². The standard InChI is InChI=1S/C32H53BrO4/c1-20(10-9-14-28(2,3)36)21-11-16-32(8)27(21)22(37-26(35)19-33)18-24-30(6)15-13-25(34)29(4,5)23(30)12-17-31(24,32)7/h10,21-25,27,34,36H,9,11-19H2,1-8H3/b20-10+/t21-,22-,23+,24-,25+,27+,30+,31-,32-/m1/s1. The molecule has 5 heteroatoms. The minimum absolute atomic E-state index is 0.0798. The molecular formula is C32H53BrO4. The second kappa shape index (κ2) is 9.91. The molecule has 0 saturated heterocycles. The number of carbonyl (C=O) groups is 1. The number of hydrogen-bond donors (Lipinski definition) is 2. The summed E-state index contributed by atoms with van der Waals surface area (Å²) >= 11 is 3.35. The van der Waals surface area contributed by atoms with Crippen LogP contribution in [0.1, 0.15) is 113 Å². The summed E-state index contributed by atoms with van der Waals surface area (Å²) < 4.78 is 6.35. The van der Waals surface area contributed by atoms with E-state index in [9.17, 15) is 15.0 Å². The molecule has 4 saturated carbocycles. The van der Waals surface area contributed by atoms with E-state index in [0.29, 0.717) is 23.7 Å². The highest BCUT2D eigenvalue weighted by molar-refractivity contribution is 9.09. The molecule has 0 unspecified atom stereocenters. The topological polar surface area (TPSA) is 66.8 Å². The third-order valence-electron chi connectivity index (χ3n) is 12.5. The molecule has 212 valence electrons. The summed E-state index contributed by atoms with van der Waals surface area (Å²) in [5, 5.41) is 21.4. The lowest BCUT2D eigenvalue weighted by molar-refractivity contribution is -0.244. The molecule has 0 bridgehead atoms. The molecule has 0 radical (unpaired) electrons. The third-order valence-corrected chi connectivity index (χ3v) is 13.0. The normalized spacial score (nSPS) is 45.5. The number of aliphatic hydroxyl groups excluding tert-OH is 1. The number of halogens is 1. The van der Waals surface area contributed by atoms with E-state index < -0.39 is 5.60 Å². The van der Waals surface area contributed by atoms with Crippen molar-refractivity contribution in [1.29, 1.82) is 0 Å². The fraction of sp³-hybridized carbons (Fsp3) is 0.906. The molecule has 0 aromatic heterocycles. The fourth-order valence-corrected chi connectivity index (χ4v) is 10.5. The van der Waals surface area contributed by atoms with Crippen LogP contribution >= 0.6 is 15.9 Å². The maximum atomic E-state index is 12.7. The van der Waals surface area contributed by atoms with Crippen molar-refractivity contribution in [3.63, 3.8) is 0 Å². The summed E-state index contributed by atoms with van der Waals surface area (Å²) in [7, 11) is 0. The first-order valence-corrected chi connectivity index (χ1v) is 16.0. The third kappa shape index (κ3) is 4.79. The number of fused-ring (bicyclic) bond motifs is 5. The highest BCUT2D eigenvalue weighted by atomic mass is 79.9. The van der Waals surface area contributed by atoms with Crippen molar-refractivity contribution in [2.24, 2.45) is 45.3 Å². The van der Waals surface area contributed by atoms with Gasteiger partial charge in [0.1, 0.15) is 11.4 Å². The van der Waals surface area contributed by atoms with Gasteiger partial charge in [0.2, 0.25) is 0 Å². The van der Waals surface area contributed by atoms with Crippen LogP contribution in [0.3, 0.4) is 0 Å². The Morgan fingerprint density at radius 3 is 2.30 bits per heavy atom. The minimum atomic E-state index is -0.657. The molecular weight excluding hydrogens is 528 g/mol. The second-order valence-corrected chi connectivity index (χ2v) is 15.8.